The van der Waals surface area contributed by atoms with Crippen LogP contribution in [0.5, 0.6) is 0 Å². The van der Waals surface area contributed by atoms with Gasteiger partial charge in [0.15, 0.2) is 5.82 Å². The summed E-state index contributed by atoms with van der Waals surface area (Å²) in [6.45, 7) is 0. The van der Waals surface area contributed by atoms with Crippen LogP contribution in [0.2, 0.25) is 0 Å². The molecule has 0 spiro atoms. The second-order valence-electron chi connectivity index (χ2n) is 5.87. The number of hydrogen-bond acceptors (Lipinski definition) is 6. The Kier molecular flexibility index (Phi) is 4.71. The van der Waals surface area contributed by atoms with E-state index >= 15 is 0 Å². The number of para-hydroxylation sites is 1. The summed E-state index contributed by atoms with van der Waals surface area (Å²) in [5.74, 6) is 0.856. The first-order valence-corrected chi connectivity index (χ1v) is 9.13. The number of aromatic nitrogens is 4. The molecule has 0 saturated heterocycles. The largest absolute Gasteiger partial charge is 0.310 e. The summed E-state index contributed by atoms with van der Waals surface area (Å²) in [5, 5.41) is 3.72. The number of rotatable bonds is 5. The lowest BCUT2D eigenvalue weighted by Gasteiger charge is -2.03. The first kappa shape index (κ1) is 17.0. The second kappa shape index (κ2) is 7.46. The molecular weight excluding hydrogens is 362 g/mol. The molecule has 2 N–H and O–H groups in total. The minimum atomic E-state index is -0.207. The first-order valence-electron chi connectivity index (χ1n) is 8.36. The number of aryl methyl sites for hydroxylation is 1. The number of fused-ring (bicyclic) bond motifs is 1. The number of aromatic amines is 1. The van der Waals surface area contributed by atoms with Crippen LogP contribution in [0.3, 0.4) is 0 Å². The molecule has 0 radical (unpaired) electrons. The molecule has 8 heteroatoms. The summed E-state index contributed by atoms with van der Waals surface area (Å²) in [6, 6.07) is 16.7. The van der Waals surface area contributed by atoms with Crippen molar-refractivity contribution in [1.29, 1.82) is 0 Å². The standard InChI is InChI=1S/C19H15N5O2S/c25-16(22-19-23-17(24-27-19)12-6-2-1-3-7-12)11-10-15-20-14-9-5-4-8-13(14)18(26)21-15/h1-9H,10-11H2,(H,20,21,26)(H,22,23,24,25). The van der Waals surface area contributed by atoms with Gasteiger partial charge in [0.05, 0.1) is 10.9 Å². The van der Waals surface area contributed by atoms with Gasteiger partial charge in [-0.3, -0.25) is 9.59 Å². The zero-order valence-corrected chi connectivity index (χ0v) is 15.0. The molecule has 7 nitrogen and oxygen atoms in total. The SMILES string of the molecule is O=C(CCc1nc2ccccc2c(=O)[nH]1)Nc1nc(-c2ccccc2)ns1. The summed E-state index contributed by atoms with van der Waals surface area (Å²) >= 11 is 1.13. The minimum Gasteiger partial charge on any atom is -0.310 e. The van der Waals surface area contributed by atoms with Gasteiger partial charge in [-0.15, -0.1) is 0 Å². The van der Waals surface area contributed by atoms with Crippen molar-refractivity contribution in [2.24, 2.45) is 0 Å². The maximum Gasteiger partial charge on any atom is 0.258 e. The van der Waals surface area contributed by atoms with Crippen molar-refractivity contribution < 1.29 is 4.79 Å². The molecule has 0 unspecified atom stereocenters. The molecule has 0 fully saturated rings. The number of nitrogens with zero attached hydrogens (tertiary/aromatic N) is 3. The molecule has 0 aliphatic rings. The van der Waals surface area contributed by atoms with Crippen molar-refractivity contribution in [2.75, 3.05) is 5.32 Å². The molecule has 0 aliphatic carbocycles. The molecule has 0 bridgehead atoms. The molecule has 1 amide bonds. The van der Waals surface area contributed by atoms with Crippen LogP contribution < -0.4 is 10.9 Å². The number of nitrogens with one attached hydrogen (secondary N) is 2. The number of amides is 1. The van der Waals surface area contributed by atoms with E-state index in [4.69, 9.17) is 0 Å². The monoisotopic (exact) mass is 377 g/mol. The van der Waals surface area contributed by atoms with Crippen LogP contribution in [0.1, 0.15) is 12.2 Å². The average Bonchev–Trinajstić information content (AvgIpc) is 3.16. The topological polar surface area (TPSA) is 101 Å². The van der Waals surface area contributed by atoms with Gasteiger partial charge in [0.25, 0.3) is 5.56 Å². The van der Waals surface area contributed by atoms with Gasteiger partial charge in [-0.05, 0) is 12.1 Å². The lowest BCUT2D eigenvalue weighted by molar-refractivity contribution is -0.116. The Bertz CT molecular complexity index is 1150. The van der Waals surface area contributed by atoms with Crippen molar-refractivity contribution >= 4 is 33.5 Å². The first-order chi connectivity index (χ1) is 13.2. The van der Waals surface area contributed by atoms with E-state index in [1.165, 1.54) is 0 Å². The Morgan fingerprint density at radius 2 is 1.81 bits per heavy atom. The summed E-state index contributed by atoms with van der Waals surface area (Å²) in [5.41, 5.74) is 1.31. The zero-order chi connectivity index (χ0) is 18.6. The fourth-order valence-corrected chi connectivity index (χ4v) is 3.25. The van der Waals surface area contributed by atoms with Gasteiger partial charge in [-0.2, -0.15) is 9.36 Å². The van der Waals surface area contributed by atoms with Crippen molar-refractivity contribution in [2.45, 2.75) is 12.8 Å². The zero-order valence-electron chi connectivity index (χ0n) is 14.2. The fourth-order valence-electron chi connectivity index (χ4n) is 2.65. The third kappa shape index (κ3) is 3.90. The van der Waals surface area contributed by atoms with Crippen molar-refractivity contribution in [3.05, 3.63) is 70.8 Å². The third-order valence-corrected chi connectivity index (χ3v) is 4.59. The van der Waals surface area contributed by atoms with Gasteiger partial charge in [-0.1, -0.05) is 42.5 Å². The molecule has 0 atom stereocenters. The lowest BCUT2D eigenvalue weighted by atomic mass is 10.2. The summed E-state index contributed by atoms with van der Waals surface area (Å²) in [7, 11) is 0. The summed E-state index contributed by atoms with van der Waals surface area (Å²) in [4.78, 5) is 35.7. The number of benzene rings is 2. The van der Waals surface area contributed by atoms with Gasteiger partial charge in [0.1, 0.15) is 5.82 Å². The van der Waals surface area contributed by atoms with Gasteiger partial charge >= 0.3 is 0 Å². The molecular formula is C19H15N5O2S. The number of hydrogen-bond donors (Lipinski definition) is 2. The molecule has 2 aromatic heterocycles. The number of H-pyrrole nitrogens is 1. The number of carbonyl (C=O) groups is 1. The Balaban J connectivity index is 1.40. The Labute approximate surface area is 158 Å². The minimum absolute atomic E-state index is 0.182. The third-order valence-electron chi connectivity index (χ3n) is 3.96. The van der Waals surface area contributed by atoms with Gasteiger partial charge in [0.2, 0.25) is 11.0 Å². The van der Waals surface area contributed by atoms with Crippen LogP contribution in [-0.2, 0) is 11.2 Å². The summed E-state index contributed by atoms with van der Waals surface area (Å²) in [6.07, 6.45) is 0.512. The van der Waals surface area contributed by atoms with Crippen LogP contribution in [0, 0.1) is 0 Å². The molecule has 27 heavy (non-hydrogen) atoms. The van der Waals surface area contributed by atoms with E-state index in [0.29, 0.717) is 34.1 Å². The lowest BCUT2D eigenvalue weighted by Crippen LogP contribution is -2.16. The van der Waals surface area contributed by atoms with Gasteiger partial charge in [0, 0.05) is 29.9 Å². The fraction of sp³-hybridized carbons (Fsp3) is 0.105. The molecule has 0 saturated carbocycles. The van der Waals surface area contributed by atoms with Crippen molar-refractivity contribution in [3.63, 3.8) is 0 Å². The van der Waals surface area contributed by atoms with E-state index in [0.717, 1.165) is 17.1 Å². The number of carbonyl (C=O) groups excluding carboxylic acids is 1. The number of anilines is 1. The highest BCUT2D eigenvalue weighted by Crippen LogP contribution is 2.20. The van der Waals surface area contributed by atoms with E-state index in [-0.39, 0.29) is 17.9 Å². The normalized spacial score (nSPS) is 10.8. The molecule has 2 aromatic carbocycles. The highest BCUT2D eigenvalue weighted by molar-refractivity contribution is 7.10. The Hall–Kier alpha value is -3.39. The maximum absolute atomic E-state index is 12.2. The Morgan fingerprint density at radius 3 is 2.67 bits per heavy atom. The Morgan fingerprint density at radius 1 is 1.04 bits per heavy atom. The van der Waals surface area contributed by atoms with Crippen molar-refractivity contribution in [3.8, 4) is 11.4 Å². The quantitative estimate of drug-likeness (QED) is 0.557. The maximum atomic E-state index is 12.2. The van der Waals surface area contributed by atoms with Crippen LogP contribution in [0.25, 0.3) is 22.3 Å². The second-order valence-corrected chi connectivity index (χ2v) is 6.62. The van der Waals surface area contributed by atoms with Crippen molar-refractivity contribution in [1.82, 2.24) is 19.3 Å². The predicted octanol–water partition coefficient (Wildman–Crippen LogP) is 3.01. The van der Waals surface area contributed by atoms with Crippen LogP contribution >= 0.6 is 11.5 Å². The summed E-state index contributed by atoms with van der Waals surface area (Å²) < 4.78 is 4.26. The highest BCUT2D eigenvalue weighted by atomic mass is 32.1. The van der Waals surface area contributed by atoms with Gasteiger partial charge < -0.3 is 10.3 Å². The van der Waals surface area contributed by atoms with E-state index in [2.05, 4.69) is 24.6 Å². The van der Waals surface area contributed by atoms with E-state index in [1.807, 2.05) is 36.4 Å². The van der Waals surface area contributed by atoms with Crippen LogP contribution in [-0.4, -0.2) is 25.2 Å². The highest BCUT2D eigenvalue weighted by Gasteiger charge is 2.11. The molecule has 4 rings (SSSR count). The molecule has 4 aromatic rings. The molecule has 0 aliphatic heterocycles. The molecule has 2 heterocycles. The van der Waals surface area contributed by atoms with E-state index < -0.39 is 0 Å². The average molecular weight is 377 g/mol. The smallest absolute Gasteiger partial charge is 0.258 e. The van der Waals surface area contributed by atoms with Crippen LogP contribution in [0.4, 0.5) is 5.13 Å². The van der Waals surface area contributed by atoms with E-state index in [1.54, 1.807) is 18.2 Å². The van der Waals surface area contributed by atoms with Crippen LogP contribution in [0.15, 0.2) is 59.4 Å². The predicted molar refractivity (Wildman–Crippen MR) is 105 cm³/mol. The van der Waals surface area contributed by atoms with E-state index in [9.17, 15) is 9.59 Å². The molecule has 134 valence electrons. The van der Waals surface area contributed by atoms with Gasteiger partial charge in [-0.25, -0.2) is 4.98 Å².